The van der Waals surface area contributed by atoms with Crippen LogP contribution < -0.4 is 10.2 Å². The van der Waals surface area contributed by atoms with Gasteiger partial charge in [0.15, 0.2) is 5.17 Å². The predicted molar refractivity (Wildman–Crippen MR) is 104 cm³/mol. The molecule has 0 aromatic heterocycles. The van der Waals surface area contributed by atoms with Gasteiger partial charge in [-0.15, -0.1) is 5.10 Å². The maximum atomic E-state index is 12.4. The lowest BCUT2D eigenvalue weighted by atomic mass is 10.00. The molecule has 3 rings (SSSR count). The maximum absolute atomic E-state index is 12.4. The highest BCUT2D eigenvalue weighted by Gasteiger charge is 2.27. The number of hydrogen-bond donors (Lipinski definition) is 1. The molecule has 26 heavy (non-hydrogen) atoms. The Labute approximate surface area is 156 Å². The minimum Gasteiger partial charge on any atom is -0.443 e. The summed E-state index contributed by atoms with van der Waals surface area (Å²) in [5.74, 6) is 0.327. The van der Waals surface area contributed by atoms with Crippen LogP contribution in [0.15, 0.2) is 28.4 Å². The first-order valence-corrected chi connectivity index (χ1v) is 9.47. The SMILES string of the molecule is CC(C)(C)OC(=O)N1CCCc2cc(C=NN=C3NC(=O)CS3)ccc21. The number of thioether (sulfide) groups is 1. The van der Waals surface area contributed by atoms with Crippen molar-refractivity contribution in [1.82, 2.24) is 5.32 Å². The van der Waals surface area contributed by atoms with Crippen LogP contribution >= 0.6 is 11.8 Å². The summed E-state index contributed by atoms with van der Waals surface area (Å²) >= 11 is 1.33. The van der Waals surface area contributed by atoms with Crippen molar-refractivity contribution in [3.63, 3.8) is 0 Å². The van der Waals surface area contributed by atoms with E-state index in [9.17, 15) is 9.59 Å². The molecule has 0 atom stereocenters. The quantitative estimate of drug-likeness (QED) is 0.637. The smallest absolute Gasteiger partial charge is 0.414 e. The minimum atomic E-state index is -0.520. The topological polar surface area (TPSA) is 83.4 Å². The Morgan fingerprint density at radius 1 is 1.38 bits per heavy atom. The Bertz CT molecular complexity index is 783. The number of hydrogen-bond acceptors (Lipinski definition) is 6. The maximum Gasteiger partial charge on any atom is 0.414 e. The van der Waals surface area contributed by atoms with Crippen molar-refractivity contribution < 1.29 is 14.3 Å². The molecular weight excluding hydrogens is 352 g/mol. The second-order valence-corrected chi connectivity index (χ2v) is 8.07. The molecule has 1 aromatic rings. The second kappa shape index (κ2) is 7.49. The van der Waals surface area contributed by atoms with Crippen LogP contribution in [0.2, 0.25) is 0 Å². The van der Waals surface area contributed by atoms with Gasteiger partial charge in [-0.1, -0.05) is 17.8 Å². The molecular formula is C18H22N4O3S. The third kappa shape index (κ3) is 4.63. The Morgan fingerprint density at radius 2 is 2.19 bits per heavy atom. The van der Waals surface area contributed by atoms with Gasteiger partial charge in [-0.05, 0) is 56.9 Å². The van der Waals surface area contributed by atoms with Crippen LogP contribution in [-0.2, 0) is 16.0 Å². The third-order valence-corrected chi connectivity index (χ3v) is 4.64. The summed E-state index contributed by atoms with van der Waals surface area (Å²) in [6.07, 6.45) is 3.11. The van der Waals surface area contributed by atoms with Crippen molar-refractivity contribution in [2.24, 2.45) is 10.2 Å². The fourth-order valence-corrected chi connectivity index (χ4v) is 3.36. The summed E-state index contributed by atoms with van der Waals surface area (Å²) in [7, 11) is 0. The standard InChI is InChI=1S/C18H22N4O3S/c1-18(2,3)25-17(24)22-8-4-5-13-9-12(6-7-14(13)22)10-19-21-16-20-15(23)11-26-16/h6-7,9-10H,4-5,8,11H2,1-3H3,(H,20,21,23). The van der Waals surface area contributed by atoms with E-state index in [2.05, 4.69) is 15.5 Å². The molecule has 0 radical (unpaired) electrons. The van der Waals surface area contributed by atoms with Gasteiger partial charge >= 0.3 is 6.09 Å². The molecule has 0 aliphatic carbocycles. The fraction of sp³-hybridized carbons (Fsp3) is 0.444. The lowest BCUT2D eigenvalue weighted by Gasteiger charge is -2.31. The first-order chi connectivity index (χ1) is 12.3. The van der Waals surface area contributed by atoms with E-state index < -0.39 is 5.60 Å². The Balaban J connectivity index is 1.73. The van der Waals surface area contributed by atoms with Crippen LogP contribution in [0.1, 0.15) is 38.3 Å². The highest BCUT2D eigenvalue weighted by Crippen LogP contribution is 2.29. The zero-order chi connectivity index (χ0) is 18.7. The lowest BCUT2D eigenvalue weighted by Crippen LogP contribution is -2.39. The normalized spacial score (nSPS) is 19.0. The highest BCUT2D eigenvalue weighted by molar-refractivity contribution is 8.15. The summed E-state index contributed by atoms with van der Waals surface area (Å²) in [5.41, 5.74) is 2.34. The Kier molecular flexibility index (Phi) is 5.31. The molecule has 2 heterocycles. The van der Waals surface area contributed by atoms with E-state index in [0.717, 1.165) is 29.7 Å². The molecule has 2 aliphatic heterocycles. The van der Waals surface area contributed by atoms with Crippen molar-refractivity contribution >= 4 is 40.8 Å². The van der Waals surface area contributed by atoms with Crippen LogP contribution in [0.4, 0.5) is 10.5 Å². The molecule has 7 nitrogen and oxygen atoms in total. The van der Waals surface area contributed by atoms with Gasteiger partial charge in [0, 0.05) is 6.54 Å². The average molecular weight is 374 g/mol. The molecule has 0 saturated carbocycles. The van der Waals surface area contributed by atoms with E-state index in [1.165, 1.54) is 11.8 Å². The van der Waals surface area contributed by atoms with Crippen molar-refractivity contribution in [2.75, 3.05) is 17.2 Å². The molecule has 1 saturated heterocycles. The molecule has 138 valence electrons. The van der Waals surface area contributed by atoms with Gasteiger partial charge in [-0.3, -0.25) is 9.69 Å². The van der Waals surface area contributed by atoms with Crippen molar-refractivity contribution in [2.45, 2.75) is 39.2 Å². The number of nitrogens with one attached hydrogen (secondary N) is 1. The van der Waals surface area contributed by atoms with E-state index in [4.69, 9.17) is 4.74 Å². The summed E-state index contributed by atoms with van der Waals surface area (Å²) in [4.78, 5) is 25.2. The molecule has 8 heteroatoms. The molecule has 1 fully saturated rings. The zero-order valence-electron chi connectivity index (χ0n) is 15.1. The second-order valence-electron chi connectivity index (χ2n) is 7.11. The van der Waals surface area contributed by atoms with Gasteiger partial charge < -0.3 is 10.1 Å². The van der Waals surface area contributed by atoms with Crippen LogP contribution in [0.5, 0.6) is 0 Å². The number of benzene rings is 1. The minimum absolute atomic E-state index is 0.0556. The summed E-state index contributed by atoms with van der Waals surface area (Å²) < 4.78 is 5.50. The van der Waals surface area contributed by atoms with Crippen LogP contribution in [0, 0.1) is 0 Å². The van der Waals surface area contributed by atoms with Crippen molar-refractivity contribution in [1.29, 1.82) is 0 Å². The van der Waals surface area contributed by atoms with E-state index in [0.29, 0.717) is 17.5 Å². The van der Waals surface area contributed by atoms with Gasteiger partial charge in [0.25, 0.3) is 0 Å². The van der Waals surface area contributed by atoms with Crippen LogP contribution in [-0.4, -0.2) is 41.3 Å². The van der Waals surface area contributed by atoms with E-state index in [1.807, 2.05) is 39.0 Å². The highest BCUT2D eigenvalue weighted by atomic mass is 32.2. The molecule has 2 aliphatic rings. The van der Waals surface area contributed by atoms with E-state index in [-0.39, 0.29) is 12.0 Å². The number of ether oxygens (including phenoxy) is 1. The summed E-state index contributed by atoms with van der Waals surface area (Å²) in [6.45, 7) is 6.24. The summed E-state index contributed by atoms with van der Waals surface area (Å²) in [5, 5.41) is 11.2. The number of rotatable bonds is 2. The number of aryl methyl sites for hydroxylation is 1. The zero-order valence-corrected chi connectivity index (χ0v) is 15.9. The summed E-state index contributed by atoms with van der Waals surface area (Å²) in [6, 6.07) is 5.82. The third-order valence-electron chi connectivity index (χ3n) is 3.78. The van der Waals surface area contributed by atoms with Crippen molar-refractivity contribution in [3.8, 4) is 0 Å². The van der Waals surface area contributed by atoms with E-state index >= 15 is 0 Å². The molecule has 0 unspecified atom stereocenters. The Morgan fingerprint density at radius 3 is 2.88 bits per heavy atom. The number of carbonyl (C=O) groups is 2. The van der Waals surface area contributed by atoms with Gasteiger partial charge in [0.1, 0.15) is 5.60 Å². The number of nitrogens with zero attached hydrogens (tertiary/aromatic N) is 3. The average Bonchev–Trinajstić information content (AvgIpc) is 2.98. The number of amides is 2. The van der Waals surface area contributed by atoms with Crippen molar-refractivity contribution in [3.05, 3.63) is 29.3 Å². The Hall–Kier alpha value is -2.35. The number of anilines is 1. The van der Waals surface area contributed by atoms with Gasteiger partial charge in [0.05, 0.1) is 17.7 Å². The van der Waals surface area contributed by atoms with Crippen LogP contribution in [0.25, 0.3) is 0 Å². The molecule has 0 spiro atoms. The largest absolute Gasteiger partial charge is 0.443 e. The van der Waals surface area contributed by atoms with Gasteiger partial charge in [-0.25, -0.2) is 4.79 Å². The monoisotopic (exact) mass is 374 g/mol. The first-order valence-electron chi connectivity index (χ1n) is 8.49. The molecule has 1 N–H and O–H groups in total. The number of carbonyl (C=O) groups excluding carboxylic acids is 2. The molecule has 0 bridgehead atoms. The number of fused-ring (bicyclic) bond motifs is 1. The molecule has 2 amide bonds. The predicted octanol–water partition coefficient (Wildman–Crippen LogP) is 2.93. The van der Waals surface area contributed by atoms with Gasteiger partial charge in [0.2, 0.25) is 5.91 Å². The number of amidine groups is 1. The first kappa shape index (κ1) is 18.4. The van der Waals surface area contributed by atoms with Gasteiger partial charge in [-0.2, -0.15) is 5.10 Å². The lowest BCUT2D eigenvalue weighted by molar-refractivity contribution is -0.116. The van der Waals surface area contributed by atoms with E-state index in [1.54, 1.807) is 11.1 Å². The van der Waals surface area contributed by atoms with Crippen LogP contribution in [0.3, 0.4) is 0 Å². The molecule has 1 aromatic carbocycles. The fourth-order valence-electron chi connectivity index (χ4n) is 2.73.